The fourth-order valence-electron chi connectivity index (χ4n) is 2.00. The summed E-state index contributed by atoms with van der Waals surface area (Å²) in [5.41, 5.74) is 3.88. The molecular formula is C15H11BrS. The van der Waals surface area contributed by atoms with Crippen molar-refractivity contribution < 1.29 is 0 Å². The van der Waals surface area contributed by atoms with E-state index in [1.165, 1.54) is 30.6 Å². The monoisotopic (exact) mass is 302 g/mol. The van der Waals surface area contributed by atoms with Crippen molar-refractivity contribution in [3.63, 3.8) is 0 Å². The maximum Gasteiger partial charge on any atom is 0.0789 e. The van der Waals surface area contributed by atoms with E-state index in [0.29, 0.717) is 0 Å². The van der Waals surface area contributed by atoms with Crippen molar-refractivity contribution in [3.05, 3.63) is 57.9 Å². The molecule has 0 fully saturated rings. The summed E-state index contributed by atoms with van der Waals surface area (Å²) in [6.45, 7) is 2.12. The molecule has 0 aliphatic carbocycles. The first-order chi connectivity index (χ1) is 8.25. The summed E-state index contributed by atoms with van der Waals surface area (Å²) in [6, 6.07) is 17.2. The van der Waals surface area contributed by atoms with E-state index in [-0.39, 0.29) is 0 Å². The SMILES string of the molecule is Cc1ccc(-c2c(Br)sc3ccccc23)cc1. The third-order valence-electron chi connectivity index (χ3n) is 2.89. The van der Waals surface area contributed by atoms with Crippen molar-refractivity contribution in [1.29, 1.82) is 0 Å². The molecule has 3 rings (SSSR count). The average Bonchev–Trinajstić information content (AvgIpc) is 2.66. The van der Waals surface area contributed by atoms with Gasteiger partial charge in [-0.1, -0.05) is 48.0 Å². The van der Waals surface area contributed by atoms with Gasteiger partial charge in [0.25, 0.3) is 0 Å². The molecule has 0 saturated heterocycles. The van der Waals surface area contributed by atoms with Crippen LogP contribution in [0.25, 0.3) is 21.2 Å². The molecule has 0 spiro atoms. The summed E-state index contributed by atoms with van der Waals surface area (Å²) in [4.78, 5) is 0. The van der Waals surface area contributed by atoms with Crippen LogP contribution in [-0.4, -0.2) is 0 Å². The van der Waals surface area contributed by atoms with Gasteiger partial charge in [0.15, 0.2) is 0 Å². The van der Waals surface area contributed by atoms with Crippen molar-refractivity contribution in [3.8, 4) is 11.1 Å². The molecule has 3 aromatic rings. The van der Waals surface area contributed by atoms with Crippen LogP contribution < -0.4 is 0 Å². The maximum absolute atomic E-state index is 3.68. The molecule has 0 aliphatic rings. The summed E-state index contributed by atoms with van der Waals surface area (Å²) in [5, 5.41) is 1.33. The normalized spacial score (nSPS) is 10.9. The lowest BCUT2D eigenvalue weighted by Crippen LogP contribution is -1.77. The second-order valence-corrected chi connectivity index (χ2v) is 6.48. The zero-order valence-electron chi connectivity index (χ0n) is 9.41. The van der Waals surface area contributed by atoms with Crippen LogP contribution in [0.15, 0.2) is 52.3 Å². The van der Waals surface area contributed by atoms with Gasteiger partial charge in [-0.05, 0) is 34.5 Å². The smallest absolute Gasteiger partial charge is 0.0789 e. The van der Waals surface area contributed by atoms with Crippen LogP contribution in [0.1, 0.15) is 5.56 Å². The Hall–Kier alpha value is -1.12. The van der Waals surface area contributed by atoms with Crippen molar-refractivity contribution in [1.82, 2.24) is 0 Å². The molecule has 0 aliphatic heterocycles. The summed E-state index contributed by atoms with van der Waals surface area (Å²) in [5.74, 6) is 0. The number of rotatable bonds is 1. The molecule has 17 heavy (non-hydrogen) atoms. The highest BCUT2D eigenvalue weighted by atomic mass is 79.9. The second kappa shape index (κ2) is 4.28. The summed E-state index contributed by atoms with van der Waals surface area (Å²) >= 11 is 5.48. The molecule has 0 atom stereocenters. The van der Waals surface area contributed by atoms with Gasteiger partial charge >= 0.3 is 0 Å². The molecule has 84 valence electrons. The summed E-state index contributed by atoms with van der Waals surface area (Å²) in [7, 11) is 0. The second-order valence-electron chi connectivity index (χ2n) is 4.11. The maximum atomic E-state index is 3.68. The van der Waals surface area contributed by atoms with Gasteiger partial charge in [0, 0.05) is 15.6 Å². The van der Waals surface area contributed by atoms with E-state index < -0.39 is 0 Å². The van der Waals surface area contributed by atoms with Crippen LogP contribution in [-0.2, 0) is 0 Å². The van der Waals surface area contributed by atoms with E-state index in [2.05, 4.69) is 71.4 Å². The van der Waals surface area contributed by atoms with Gasteiger partial charge in [-0.15, -0.1) is 11.3 Å². The Kier molecular flexibility index (Phi) is 2.77. The minimum atomic E-state index is 1.21. The van der Waals surface area contributed by atoms with E-state index in [1.807, 2.05) is 0 Å². The molecule has 0 radical (unpaired) electrons. The van der Waals surface area contributed by atoms with Crippen LogP contribution in [0.2, 0.25) is 0 Å². The first-order valence-corrected chi connectivity index (χ1v) is 7.11. The molecule has 0 N–H and O–H groups in total. The Balaban J connectivity index is 2.29. The topological polar surface area (TPSA) is 0 Å². The molecule has 0 nitrogen and oxygen atoms in total. The van der Waals surface area contributed by atoms with Crippen molar-refractivity contribution >= 4 is 37.4 Å². The summed E-state index contributed by atoms with van der Waals surface area (Å²) < 4.78 is 2.54. The van der Waals surface area contributed by atoms with Crippen LogP contribution in [0, 0.1) is 6.92 Å². The zero-order valence-corrected chi connectivity index (χ0v) is 11.8. The van der Waals surface area contributed by atoms with E-state index in [1.54, 1.807) is 11.3 Å². The number of fused-ring (bicyclic) bond motifs is 1. The predicted octanol–water partition coefficient (Wildman–Crippen LogP) is 5.64. The third kappa shape index (κ3) is 1.92. The molecule has 1 aromatic heterocycles. The molecule has 2 heteroatoms. The minimum absolute atomic E-state index is 1.21. The highest BCUT2D eigenvalue weighted by Crippen LogP contribution is 2.41. The molecule has 2 aromatic carbocycles. The van der Waals surface area contributed by atoms with Crippen LogP contribution in [0.5, 0.6) is 0 Å². The van der Waals surface area contributed by atoms with Crippen LogP contribution in [0.4, 0.5) is 0 Å². The Morgan fingerprint density at radius 1 is 0.941 bits per heavy atom. The lowest BCUT2D eigenvalue weighted by molar-refractivity contribution is 1.47. The van der Waals surface area contributed by atoms with Gasteiger partial charge in [-0.3, -0.25) is 0 Å². The minimum Gasteiger partial charge on any atom is -0.128 e. The largest absolute Gasteiger partial charge is 0.128 e. The highest BCUT2D eigenvalue weighted by Gasteiger charge is 2.11. The lowest BCUT2D eigenvalue weighted by Gasteiger charge is -2.02. The molecular weight excluding hydrogens is 292 g/mol. The fourth-order valence-corrected chi connectivity index (χ4v) is 3.92. The van der Waals surface area contributed by atoms with Crippen molar-refractivity contribution in [2.24, 2.45) is 0 Å². The van der Waals surface area contributed by atoms with Crippen molar-refractivity contribution in [2.75, 3.05) is 0 Å². The first kappa shape index (κ1) is 11.0. The predicted molar refractivity (Wildman–Crippen MR) is 79.7 cm³/mol. The molecule has 0 bridgehead atoms. The molecule has 0 saturated carbocycles. The standard InChI is InChI=1S/C15H11BrS/c1-10-6-8-11(9-7-10)14-12-4-2-3-5-13(12)17-15(14)16/h2-9H,1H3. The van der Waals surface area contributed by atoms with Gasteiger partial charge < -0.3 is 0 Å². The highest BCUT2D eigenvalue weighted by molar-refractivity contribution is 9.11. The lowest BCUT2D eigenvalue weighted by atomic mass is 10.0. The van der Waals surface area contributed by atoms with Gasteiger partial charge in [0.1, 0.15) is 0 Å². The van der Waals surface area contributed by atoms with Gasteiger partial charge in [-0.2, -0.15) is 0 Å². The van der Waals surface area contributed by atoms with Gasteiger partial charge in [0.2, 0.25) is 0 Å². The molecule has 0 unspecified atom stereocenters. The van der Waals surface area contributed by atoms with Crippen LogP contribution in [0.3, 0.4) is 0 Å². The quantitative estimate of drug-likeness (QED) is 0.546. The Bertz CT molecular complexity index is 665. The zero-order chi connectivity index (χ0) is 11.8. The molecule has 1 heterocycles. The Morgan fingerprint density at radius 3 is 2.41 bits per heavy atom. The van der Waals surface area contributed by atoms with Gasteiger partial charge in [0.05, 0.1) is 3.79 Å². The van der Waals surface area contributed by atoms with Crippen LogP contribution >= 0.6 is 27.3 Å². The Morgan fingerprint density at radius 2 is 1.65 bits per heavy atom. The Labute approximate surface area is 113 Å². The van der Waals surface area contributed by atoms with Crippen molar-refractivity contribution in [2.45, 2.75) is 6.92 Å². The third-order valence-corrected chi connectivity index (χ3v) is 4.73. The van der Waals surface area contributed by atoms with E-state index >= 15 is 0 Å². The van der Waals surface area contributed by atoms with E-state index in [9.17, 15) is 0 Å². The average molecular weight is 303 g/mol. The van der Waals surface area contributed by atoms with E-state index in [0.717, 1.165) is 0 Å². The first-order valence-electron chi connectivity index (χ1n) is 5.50. The van der Waals surface area contributed by atoms with E-state index in [4.69, 9.17) is 0 Å². The molecule has 0 amide bonds. The number of benzene rings is 2. The number of aryl methyl sites for hydroxylation is 1. The fraction of sp³-hybridized carbons (Fsp3) is 0.0667. The number of halogens is 1. The summed E-state index contributed by atoms with van der Waals surface area (Å²) in [6.07, 6.45) is 0. The van der Waals surface area contributed by atoms with Gasteiger partial charge in [-0.25, -0.2) is 0 Å². The number of hydrogen-bond acceptors (Lipinski definition) is 1. The number of thiophene rings is 1. The number of hydrogen-bond donors (Lipinski definition) is 0.